The first-order chi connectivity index (χ1) is 13.6. The second kappa shape index (κ2) is 9.29. The normalized spacial score (nSPS) is 11.6. The van der Waals surface area contributed by atoms with Crippen molar-refractivity contribution in [2.24, 2.45) is 0 Å². The maximum Gasteiger partial charge on any atom is 0.347 e. The van der Waals surface area contributed by atoms with Gasteiger partial charge in [0.2, 0.25) is 0 Å². The van der Waals surface area contributed by atoms with Gasteiger partial charge in [-0.25, -0.2) is 4.79 Å². The Balaban J connectivity index is 1.98. The fourth-order valence-corrected chi connectivity index (χ4v) is 3.26. The largest absolute Gasteiger partial charge is 0.506 e. The molecule has 3 aromatic rings. The summed E-state index contributed by atoms with van der Waals surface area (Å²) in [4.78, 5) is 12.5. The topological polar surface area (TPSA) is 55.8 Å². The fraction of sp³-hybridized carbons (Fsp3) is 0.174. The molecular formula is C23H21ClO4. The van der Waals surface area contributed by atoms with Crippen molar-refractivity contribution < 1.29 is 19.4 Å². The van der Waals surface area contributed by atoms with E-state index < -0.39 is 12.1 Å². The first kappa shape index (κ1) is 19.8. The van der Waals surface area contributed by atoms with E-state index >= 15 is 0 Å². The predicted octanol–water partition coefficient (Wildman–Crippen LogP) is 5.27. The van der Waals surface area contributed by atoms with Gasteiger partial charge in [0.25, 0.3) is 0 Å². The van der Waals surface area contributed by atoms with Crippen LogP contribution in [0.15, 0.2) is 72.8 Å². The van der Waals surface area contributed by atoms with Gasteiger partial charge >= 0.3 is 5.97 Å². The zero-order valence-corrected chi connectivity index (χ0v) is 16.2. The lowest BCUT2D eigenvalue weighted by molar-refractivity contribution is -0.151. The molecule has 0 radical (unpaired) electrons. The third kappa shape index (κ3) is 4.65. The minimum absolute atomic E-state index is 0.0130. The van der Waals surface area contributed by atoms with Gasteiger partial charge in [-0.3, -0.25) is 0 Å². The van der Waals surface area contributed by atoms with Gasteiger partial charge in [0.15, 0.2) is 6.10 Å². The molecule has 3 aromatic carbocycles. The summed E-state index contributed by atoms with van der Waals surface area (Å²) < 4.78 is 11.1. The molecule has 1 N–H and O–H groups in total. The van der Waals surface area contributed by atoms with Gasteiger partial charge in [-0.05, 0) is 36.2 Å². The van der Waals surface area contributed by atoms with Gasteiger partial charge in [0.1, 0.15) is 11.5 Å². The van der Waals surface area contributed by atoms with E-state index in [9.17, 15) is 9.90 Å². The van der Waals surface area contributed by atoms with Crippen molar-refractivity contribution in [1.82, 2.24) is 0 Å². The Bertz CT molecular complexity index is 926. The summed E-state index contributed by atoms with van der Waals surface area (Å²) in [6, 6.07) is 21.9. The molecule has 4 nitrogen and oxygen atoms in total. The molecule has 0 saturated carbocycles. The number of phenolic OH excluding ortho intramolecular Hbond substituents is 1. The Kier molecular flexibility index (Phi) is 6.56. The molecule has 3 rings (SSSR count). The van der Waals surface area contributed by atoms with Crippen LogP contribution in [0, 0.1) is 0 Å². The molecule has 0 bridgehead atoms. The van der Waals surface area contributed by atoms with E-state index in [1.807, 2.05) is 48.5 Å². The van der Waals surface area contributed by atoms with Gasteiger partial charge in [-0.1, -0.05) is 66.2 Å². The molecule has 0 heterocycles. The average Bonchev–Trinajstić information content (AvgIpc) is 2.72. The molecule has 144 valence electrons. The molecule has 5 heteroatoms. The molecule has 0 aliphatic heterocycles. The molecule has 0 spiro atoms. The highest BCUT2D eigenvalue weighted by atomic mass is 35.5. The van der Waals surface area contributed by atoms with E-state index in [1.54, 1.807) is 25.1 Å². The number of hydrogen-bond acceptors (Lipinski definition) is 4. The molecule has 0 saturated heterocycles. The molecule has 28 heavy (non-hydrogen) atoms. The number of ether oxygens (including phenoxy) is 2. The van der Waals surface area contributed by atoms with Crippen LogP contribution in [-0.4, -0.2) is 23.8 Å². The Morgan fingerprint density at radius 1 is 1.00 bits per heavy atom. The maximum absolute atomic E-state index is 12.5. The number of hydrogen-bond donors (Lipinski definition) is 1. The van der Waals surface area contributed by atoms with E-state index in [2.05, 4.69) is 0 Å². The molecule has 0 aliphatic rings. The standard InChI is InChI=1S/C23H21ClO4/c1-2-27-23(26)20(28-18-11-7-4-8-12-18)15-17-13-14-19(25)22(24)21(17)16-9-5-3-6-10-16/h3-14,20,25H,2,15H2,1H3. The van der Waals surface area contributed by atoms with Crippen molar-refractivity contribution in [3.05, 3.63) is 83.4 Å². The molecule has 0 amide bonds. The smallest absolute Gasteiger partial charge is 0.347 e. The number of carbonyl (C=O) groups excluding carboxylic acids is 1. The minimum Gasteiger partial charge on any atom is -0.506 e. The Morgan fingerprint density at radius 2 is 1.64 bits per heavy atom. The highest BCUT2D eigenvalue weighted by Gasteiger charge is 2.25. The van der Waals surface area contributed by atoms with Crippen molar-refractivity contribution in [3.8, 4) is 22.6 Å². The Labute approximate surface area is 169 Å². The van der Waals surface area contributed by atoms with Gasteiger partial charge < -0.3 is 14.6 Å². The first-order valence-corrected chi connectivity index (χ1v) is 9.42. The summed E-state index contributed by atoms with van der Waals surface area (Å²) >= 11 is 6.41. The molecule has 0 aliphatic carbocycles. The number of benzene rings is 3. The Hall–Kier alpha value is -2.98. The lowest BCUT2D eigenvalue weighted by Gasteiger charge is -2.20. The zero-order valence-electron chi connectivity index (χ0n) is 15.5. The average molecular weight is 397 g/mol. The summed E-state index contributed by atoms with van der Waals surface area (Å²) in [7, 11) is 0. The van der Waals surface area contributed by atoms with E-state index in [0.717, 1.165) is 11.1 Å². The lowest BCUT2D eigenvalue weighted by Crippen LogP contribution is -2.32. The summed E-state index contributed by atoms with van der Waals surface area (Å²) in [5.41, 5.74) is 2.30. The van der Waals surface area contributed by atoms with Crippen LogP contribution in [0.1, 0.15) is 12.5 Å². The second-order valence-electron chi connectivity index (χ2n) is 6.17. The van der Waals surface area contributed by atoms with Gasteiger partial charge in [0.05, 0.1) is 11.6 Å². The van der Waals surface area contributed by atoms with Crippen LogP contribution in [0.2, 0.25) is 5.02 Å². The first-order valence-electron chi connectivity index (χ1n) is 9.04. The van der Waals surface area contributed by atoms with Crippen molar-refractivity contribution in [1.29, 1.82) is 0 Å². The van der Waals surface area contributed by atoms with Crippen molar-refractivity contribution in [3.63, 3.8) is 0 Å². The van der Waals surface area contributed by atoms with Gasteiger partial charge in [-0.2, -0.15) is 0 Å². The highest BCUT2D eigenvalue weighted by molar-refractivity contribution is 6.35. The van der Waals surface area contributed by atoms with Crippen molar-refractivity contribution in [2.45, 2.75) is 19.4 Å². The summed E-state index contributed by atoms with van der Waals surface area (Å²) in [5, 5.41) is 10.3. The zero-order chi connectivity index (χ0) is 19.9. The molecular weight excluding hydrogens is 376 g/mol. The van der Waals surface area contributed by atoms with Crippen LogP contribution in [0.4, 0.5) is 0 Å². The summed E-state index contributed by atoms with van der Waals surface area (Å²) in [6.07, 6.45) is -0.594. The van der Waals surface area contributed by atoms with Crippen LogP contribution in [0.3, 0.4) is 0 Å². The molecule has 1 unspecified atom stereocenters. The molecule has 0 fully saturated rings. The number of halogens is 1. The summed E-state index contributed by atoms with van der Waals surface area (Å²) in [6.45, 7) is 2.01. The van der Waals surface area contributed by atoms with Gasteiger partial charge in [-0.15, -0.1) is 0 Å². The highest BCUT2D eigenvalue weighted by Crippen LogP contribution is 2.38. The van der Waals surface area contributed by atoms with Crippen molar-refractivity contribution in [2.75, 3.05) is 6.61 Å². The monoisotopic (exact) mass is 396 g/mol. The third-order valence-corrected chi connectivity index (χ3v) is 4.63. The third-order valence-electron chi connectivity index (χ3n) is 4.25. The number of esters is 1. The Morgan fingerprint density at radius 3 is 2.29 bits per heavy atom. The second-order valence-corrected chi connectivity index (χ2v) is 6.55. The maximum atomic E-state index is 12.5. The van der Waals surface area contributed by atoms with Crippen LogP contribution in [-0.2, 0) is 16.0 Å². The number of rotatable bonds is 7. The van der Waals surface area contributed by atoms with Crippen LogP contribution in [0.5, 0.6) is 11.5 Å². The van der Waals surface area contributed by atoms with Crippen LogP contribution >= 0.6 is 11.6 Å². The van der Waals surface area contributed by atoms with E-state index in [-0.39, 0.29) is 23.8 Å². The quantitative estimate of drug-likeness (QED) is 0.553. The van der Waals surface area contributed by atoms with Crippen LogP contribution in [0.25, 0.3) is 11.1 Å². The number of para-hydroxylation sites is 1. The molecule has 0 aromatic heterocycles. The SMILES string of the molecule is CCOC(=O)C(Cc1ccc(O)c(Cl)c1-c1ccccc1)Oc1ccccc1. The van der Waals surface area contributed by atoms with E-state index in [1.165, 1.54) is 6.07 Å². The molecule has 1 atom stereocenters. The van der Waals surface area contributed by atoms with Crippen LogP contribution < -0.4 is 4.74 Å². The number of phenols is 1. The fourth-order valence-electron chi connectivity index (χ4n) is 2.96. The predicted molar refractivity (Wildman–Crippen MR) is 110 cm³/mol. The van der Waals surface area contributed by atoms with E-state index in [0.29, 0.717) is 11.3 Å². The lowest BCUT2D eigenvalue weighted by atomic mass is 9.95. The van der Waals surface area contributed by atoms with E-state index in [4.69, 9.17) is 21.1 Å². The van der Waals surface area contributed by atoms with Crippen molar-refractivity contribution >= 4 is 17.6 Å². The summed E-state index contributed by atoms with van der Waals surface area (Å²) in [5.74, 6) is 0.113. The van der Waals surface area contributed by atoms with Gasteiger partial charge in [0, 0.05) is 12.0 Å². The number of carbonyl (C=O) groups is 1. The number of aromatic hydroxyl groups is 1. The minimum atomic E-state index is -0.842.